The Bertz CT molecular complexity index is 715. The van der Waals surface area contributed by atoms with Crippen molar-refractivity contribution in [2.75, 3.05) is 5.32 Å². The van der Waals surface area contributed by atoms with E-state index < -0.39 is 0 Å². The number of hydrogen-bond donors (Lipinski definition) is 2. The van der Waals surface area contributed by atoms with Crippen molar-refractivity contribution >= 4 is 22.8 Å². The highest BCUT2D eigenvalue weighted by Crippen LogP contribution is 2.22. The number of rotatable bonds is 3. The van der Waals surface area contributed by atoms with Crippen LogP contribution in [0.2, 0.25) is 0 Å². The van der Waals surface area contributed by atoms with Crippen LogP contribution in [0.4, 0.5) is 5.95 Å². The lowest BCUT2D eigenvalue weighted by Gasteiger charge is -2.00. The van der Waals surface area contributed by atoms with Gasteiger partial charge in [-0.05, 0) is 18.6 Å². The first kappa shape index (κ1) is 11.5. The first-order valence-electron chi connectivity index (χ1n) is 5.84. The van der Waals surface area contributed by atoms with Gasteiger partial charge in [0.15, 0.2) is 0 Å². The van der Waals surface area contributed by atoms with Crippen molar-refractivity contribution in [3.8, 4) is 0 Å². The molecule has 0 radical (unpaired) electrons. The molecular formula is C13H12N4O2. The fourth-order valence-electron chi connectivity index (χ4n) is 1.94. The molecule has 3 aromatic rings. The Morgan fingerprint density at radius 2 is 2.37 bits per heavy atom. The lowest BCUT2D eigenvalue weighted by molar-refractivity contribution is -0.115. The van der Waals surface area contributed by atoms with E-state index in [1.54, 1.807) is 6.26 Å². The highest BCUT2D eigenvalue weighted by Gasteiger charge is 2.11. The lowest BCUT2D eigenvalue weighted by Crippen LogP contribution is -2.15. The summed E-state index contributed by atoms with van der Waals surface area (Å²) in [5.74, 6) is 0.175. The summed E-state index contributed by atoms with van der Waals surface area (Å²) in [7, 11) is 0. The van der Waals surface area contributed by atoms with Gasteiger partial charge in [0.2, 0.25) is 11.9 Å². The van der Waals surface area contributed by atoms with Gasteiger partial charge in [-0.25, -0.2) is 5.10 Å². The van der Waals surface area contributed by atoms with Crippen molar-refractivity contribution in [3.63, 3.8) is 0 Å². The second-order valence-corrected chi connectivity index (χ2v) is 4.32. The second kappa shape index (κ2) is 4.56. The highest BCUT2D eigenvalue weighted by atomic mass is 16.3. The molecule has 6 nitrogen and oxygen atoms in total. The van der Waals surface area contributed by atoms with Crippen LogP contribution in [-0.2, 0) is 11.2 Å². The predicted octanol–water partition coefficient (Wildman–Crippen LogP) is 2.04. The molecule has 3 rings (SSSR count). The molecule has 0 bridgehead atoms. The Morgan fingerprint density at radius 1 is 1.47 bits per heavy atom. The topological polar surface area (TPSA) is 83.8 Å². The van der Waals surface area contributed by atoms with E-state index in [1.165, 1.54) is 6.33 Å². The van der Waals surface area contributed by atoms with E-state index in [0.29, 0.717) is 5.95 Å². The number of aromatic nitrogens is 3. The predicted molar refractivity (Wildman–Crippen MR) is 69.7 cm³/mol. The molecule has 2 heterocycles. The third-order valence-corrected chi connectivity index (χ3v) is 2.84. The van der Waals surface area contributed by atoms with Crippen LogP contribution in [0.3, 0.4) is 0 Å². The number of fused-ring (bicyclic) bond motifs is 1. The summed E-state index contributed by atoms with van der Waals surface area (Å²) in [6.07, 6.45) is 3.19. The minimum Gasteiger partial charge on any atom is -0.464 e. The van der Waals surface area contributed by atoms with Crippen LogP contribution < -0.4 is 5.32 Å². The van der Waals surface area contributed by atoms with Gasteiger partial charge in [0, 0.05) is 10.9 Å². The van der Waals surface area contributed by atoms with Gasteiger partial charge >= 0.3 is 0 Å². The number of anilines is 1. The smallest absolute Gasteiger partial charge is 0.231 e. The maximum atomic E-state index is 11.8. The van der Waals surface area contributed by atoms with Crippen molar-refractivity contribution in [3.05, 3.63) is 41.9 Å². The Balaban J connectivity index is 1.79. The number of benzene rings is 1. The third-order valence-electron chi connectivity index (χ3n) is 2.84. The molecule has 0 atom stereocenters. The largest absolute Gasteiger partial charge is 0.464 e. The number of hydrogen-bond acceptors (Lipinski definition) is 4. The number of furan rings is 1. The maximum Gasteiger partial charge on any atom is 0.231 e. The zero-order valence-corrected chi connectivity index (χ0v) is 10.3. The van der Waals surface area contributed by atoms with Gasteiger partial charge in [0.05, 0.1) is 12.7 Å². The van der Waals surface area contributed by atoms with Crippen molar-refractivity contribution in [1.82, 2.24) is 15.2 Å². The van der Waals surface area contributed by atoms with Crippen molar-refractivity contribution in [1.29, 1.82) is 0 Å². The molecule has 1 amide bonds. The summed E-state index contributed by atoms with van der Waals surface area (Å²) in [5.41, 5.74) is 2.77. The standard InChI is InChI=1S/C13H12N4O2/c1-8-2-3-10-9(6-19-11(10)4-8)5-12(18)16-13-14-7-15-17-13/h2-4,6-7H,5H2,1H3,(H2,14,15,16,17,18). The number of carbonyl (C=O) groups excluding carboxylic acids is 1. The van der Waals surface area contributed by atoms with Crippen LogP contribution >= 0.6 is 0 Å². The fraction of sp³-hybridized carbons (Fsp3) is 0.154. The van der Waals surface area contributed by atoms with Gasteiger partial charge in [0.1, 0.15) is 11.9 Å². The van der Waals surface area contributed by atoms with Crippen LogP contribution in [-0.4, -0.2) is 21.1 Å². The molecule has 0 saturated carbocycles. The molecule has 19 heavy (non-hydrogen) atoms. The van der Waals surface area contributed by atoms with Gasteiger partial charge in [-0.3, -0.25) is 10.1 Å². The van der Waals surface area contributed by atoms with Gasteiger partial charge < -0.3 is 4.42 Å². The number of nitrogens with one attached hydrogen (secondary N) is 2. The Kier molecular flexibility index (Phi) is 2.75. The van der Waals surface area contributed by atoms with Crippen LogP contribution in [0.5, 0.6) is 0 Å². The van der Waals surface area contributed by atoms with Crippen molar-refractivity contribution in [2.45, 2.75) is 13.3 Å². The fourth-order valence-corrected chi connectivity index (χ4v) is 1.94. The molecule has 0 spiro atoms. The average Bonchev–Trinajstić information content (AvgIpc) is 2.99. The highest BCUT2D eigenvalue weighted by molar-refractivity contribution is 5.94. The monoisotopic (exact) mass is 256 g/mol. The van der Waals surface area contributed by atoms with E-state index in [2.05, 4.69) is 20.5 Å². The van der Waals surface area contributed by atoms with Crippen molar-refractivity contribution in [2.24, 2.45) is 0 Å². The maximum absolute atomic E-state index is 11.8. The zero-order valence-electron chi connectivity index (χ0n) is 10.3. The molecule has 0 aliphatic rings. The zero-order chi connectivity index (χ0) is 13.2. The SMILES string of the molecule is Cc1ccc2c(CC(=O)Nc3ncn[nH]3)coc2c1. The second-order valence-electron chi connectivity index (χ2n) is 4.32. The molecular weight excluding hydrogens is 244 g/mol. The molecule has 0 aliphatic carbocycles. The quantitative estimate of drug-likeness (QED) is 0.751. The molecule has 1 aromatic carbocycles. The van der Waals surface area contributed by atoms with Gasteiger partial charge in [0.25, 0.3) is 0 Å². The third kappa shape index (κ3) is 2.33. The van der Waals surface area contributed by atoms with Crippen molar-refractivity contribution < 1.29 is 9.21 Å². The van der Waals surface area contributed by atoms with E-state index in [-0.39, 0.29) is 12.3 Å². The minimum atomic E-state index is -0.167. The summed E-state index contributed by atoms with van der Waals surface area (Å²) in [6, 6.07) is 5.91. The van der Waals surface area contributed by atoms with E-state index in [1.807, 2.05) is 25.1 Å². The summed E-state index contributed by atoms with van der Waals surface area (Å²) in [5, 5.41) is 9.82. The van der Waals surface area contributed by atoms with Crippen LogP contribution in [0.1, 0.15) is 11.1 Å². The van der Waals surface area contributed by atoms with E-state index in [9.17, 15) is 4.79 Å². The van der Waals surface area contributed by atoms with E-state index >= 15 is 0 Å². The number of nitrogens with zero attached hydrogens (tertiary/aromatic N) is 2. The van der Waals surface area contributed by atoms with Gasteiger partial charge in [-0.15, -0.1) is 0 Å². The summed E-state index contributed by atoms with van der Waals surface area (Å²) in [4.78, 5) is 15.7. The summed E-state index contributed by atoms with van der Waals surface area (Å²) >= 11 is 0. The summed E-state index contributed by atoms with van der Waals surface area (Å²) < 4.78 is 5.45. The molecule has 2 aromatic heterocycles. The molecule has 2 N–H and O–H groups in total. The molecule has 0 unspecified atom stereocenters. The molecule has 0 fully saturated rings. The average molecular weight is 256 g/mol. The van der Waals surface area contributed by atoms with E-state index in [0.717, 1.165) is 22.1 Å². The lowest BCUT2D eigenvalue weighted by atomic mass is 10.1. The van der Waals surface area contributed by atoms with Gasteiger partial charge in [-0.2, -0.15) is 10.1 Å². The summed E-state index contributed by atoms with van der Waals surface area (Å²) in [6.45, 7) is 2.00. The number of amides is 1. The Hall–Kier alpha value is -2.63. The Labute approximate surface area is 108 Å². The number of carbonyl (C=O) groups is 1. The molecule has 6 heteroatoms. The van der Waals surface area contributed by atoms with E-state index in [4.69, 9.17) is 4.42 Å². The van der Waals surface area contributed by atoms with Gasteiger partial charge in [-0.1, -0.05) is 12.1 Å². The molecule has 0 saturated heterocycles. The van der Waals surface area contributed by atoms with Crippen LogP contribution in [0.15, 0.2) is 35.2 Å². The number of aromatic amines is 1. The number of aryl methyl sites for hydroxylation is 1. The first-order chi connectivity index (χ1) is 9.22. The normalized spacial score (nSPS) is 10.8. The van der Waals surface area contributed by atoms with Crippen LogP contribution in [0.25, 0.3) is 11.0 Å². The molecule has 96 valence electrons. The van der Waals surface area contributed by atoms with Crippen LogP contribution in [0, 0.1) is 6.92 Å². The number of H-pyrrole nitrogens is 1. The minimum absolute atomic E-state index is 0.167. The Morgan fingerprint density at radius 3 is 3.16 bits per heavy atom. The first-order valence-corrected chi connectivity index (χ1v) is 5.84. The molecule has 0 aliphatic heterocycles.